The first-order chi connectivity index (χ1) is 9.13. The molecule has 1 aliphatic carbocycles. The lowest BCUT2D eigenvalue weighted by Crippen LogP contribution is -2.18. The Morgan fingerprint density at radius 1 is 1.16 bits per heavy atom. The molecule has 0 unspecified atom stereocenters. The van der Waals surface area contributed by atoms with Crippen LogP contribution in [0.15, 0.2) is 23.8 Å². The van der Waals surface area contributed by atoms with Crippen LogP contribution in [0.2, 0.25) is 0 Å². The van der Waals surface area contributed by atoms with E-state index in [1.165, 1.54) is 0 Å². The molecule has 0 spiro atoms. The second-order valence-electron chi connectivity index (χ2n) is 4.97. The molecule has 102 valence electrons. The monoisotopic (exact) mass is 260 g/mol. The zero-order valence-electron chi connectivity index (χ0n) is 11.7. The number of benzene rings is 1. The lowest BCUT2D eigenvalue weighted by Gasteiger charge is -2.19. The van der Waals surface area contributed by atoms with Crippen LogP contribution in [0.25, 0.3) is 6.08 Å². The number of Topliss-reactive ketones (excluding diaryl/α,β-unsaturated/α-hetero) is 1. The Kier molecular flexibility index (Phi) is 4.25. The van der Waals surface area contributed by atoms with E-state index >= 15 is 0 Å². The van der Waals surface area contributed by atoms with Gasteiger partial charge in [-0.2, -0.15) is 0 Å². The molecule has 0 aliphatic heterocycles. The third kappa shape index (κ3) is 3.16. The van der Waals surface area contributed by atoms with E-state index in [1.54, 1.807) is 14.2 Å². The van der Waals surface area contributed by atoms with Gasteiger partial charge >= 0.3 is 0 Å². The number of hydrogen-bond acceptors (Lipinski definition) is 3. The van der Waals surface area contributed by atoms with Crippen LogP contribution < -0.4 is 9.47 Å². The lowest BCUT2D eigenvalue weighted by atomic mass is 9.84. The molecule has 2 rings (SSSR count). The van der Waals surface area contributed by atoms with Crippen LogP contribution in [-0.2, 0) is 4.79 Å². The summed E-state index contributed by atoms with van der Waals surface area (Å²) >= 11 is 0. The predicted molar refractivity (Wildman–Crippen MR) is 75.5 cm³/mol. The fourth-order valence-corrected chi connectivity index (χ4v) is 2.43. The summed E-state index contributed by atoms with van der Waals surface area (Å²) in [7, 11) is 3.25. The van der Waals surface area contributed by atoms with E-state index in [1.807, 2.05) is 31.2 Å². The van der Waals surface area contributed by atoms with Gasteiger partial charge in [0.25, 0.3) is 0 Å². The van der Waals surface area contributed by atoms with Crippen molar-refractivity contribution in [2.45, 2.75) is 26.2 Å². The van der Waals surface area contributed by atoms with Crippen molar-refractivity contribution < 1.29 is 14.3 Å². The van der Waals surface area contributed by atoms with E-state index in [0.717, 1.165) is 41.9 Å². The Balaban J connectivity index is 2.33. The largest absolute Gasteiger partial charge is 0.497 e. The topological polar surface area (TPSA) is 35.5 Å². The van der Waals surface area contributed by atoms with Crippen LogP contribution in [0.3, 0.4) is 0 Å². The highest BCUT2D eigenvalue weighted by atomic mass is 16.5. The van der Waals surface area contributed by atoms with E-state index in [-0.39, 0.29) is 11.7 Å². The molecule has 1 atom stereocenters. The van der Waals surface area contributed by atoms with Gasteiger partial charge in [-0.05, 0) is 48.6 Å². The summed E-state index contributed by atoms with van der Waals surface area (Å²) in [5, 5.41) is 0. The molecule has 1 fully saturated rings. The number of rotatable bonds is 3. The minimum absolute atomic E-state index is 0.146. The molecule has 0 N–H and O–H groups in total. The summed E-state index contributed by atoms with van der Waals surface area (Å²) < 4.78 is 10.5. The van der Waals surface area contributed by atoms with E-state index in [2.05, 4.69) is 0 Å². The maximum absolute atomic E-state index is 12.1. The van der Waals surface area contributed by atoms with Gasteiger partial charge in [0.2, 0.25) is 0 Å². The van der Waals surface area contributed by atoms with Gasteiger partial charge < -0.3 is 9.47 Å². The molecule has 0 saturated heterocycles. The molecule has 0 amide bonds. The zero-order chi connectivity index (χ0) is 13.8. The van der Waals surface area contributed by atoms with Crippen molar-refractivity contribution >= 4 is 11.9 Å². The average molecular weight is 260 g/mol. The van der Waals surface area contributed by atoms with E-state index < -0.39 is 0 Å². The normalized spacial score (nSPS) is 21.5. The van der Waals surface area contributed by atoms with E-state index in [0.29, 0.717) is 0 Å². The fraction of sp³-hybridized carbons (Fsp3) is 0.438. The first-order valence-corrected chi connectivity index (χ1v) is 6.62. The van der Waals surface area contributed by atoms with Crippen molar-refractivity contribution in [3.8, 4) is 11.5 Å². The highest BCUT2D eigenvalue weighted by Gasteiger charge is 2.22. The Labute approximate surface area is 114 Å². The smallest absolute Gasteiger partial charge is 0.161 e. The number of carbonyl (C=O) groups excluding carboxylic acids is 1. The number of allylic oxidation sites excluding steroid dienone is 1. The SMILES string of the molecule is COc1cc(/C=C2\CCC[C@H](C)C2=O)cc(OC)c1. The molecule has 1 aromatic carbocycles. The minimum Gasteiger partial charge on any atom is -0.497 e. The molecule has 1 aliphatic rings. The molecule has 19 heavy (non-hydrogen) atoms. The number of methoxy groups -OCH3 is 2. The summed E-state index contributed by atoms with van der Waals surface area (Å²) in [6.45, 7) is 2.00. The van der Waals surface area contributed by atoms with E-state index in [9.17, 15) is 4.79 Å². The predicted octanol–water partition coefficient (Wildman–Crippen LogP) is 3.48. The molecule has 1 saturated carbocycles. The Bertz CT molecular complexity index is 480. The van der Waals surface area contributed by atoms with Crippen LogP contribution in [0.1, 0.15) is 31.7 Å². The van der Waals surface area contributed by atoms with Gasteiger partial charge in [0.05, 0.1) is 14.2 Å². The van der Waals surface area contributed by atoms with Crippen LogP contribution in [0.4, 0.5) is 0 Å². The van der Waals surface area contributed by atoms with Crippen molar-refractivity contribution in [1.29, 1.82) is 0 Å². The van der Waals surface area contributed by atoms with Crippen molar-refractivity contribution in [2.24, 2.45) is 5.92 Å². The van der Waals surface area contributed by atoms with Crippen LogP contribution in [0, 0.1) is 5.92 Å². The second kappa shape index (κ2) is 5.91. The number of ketones is 1. The van der Waals surface area contributed by atoms with E-state index in [4.69, 9.17) is 9.47 Å². The minimum atomic E-state index is 0.146. The average Bonchev–Trinajstić information content (AvgIpc) is 2.43. The first kappa shape index (κ1) is 13.7. The summed E-state index contributed by atoms with van der Waals surface area (Å²) in [6, 6.07) is 5.66. The molecule has 1 aromatic rings. The maximum Gasteiger partial charge on any atom is 0.161 e. The van der Waals surface area contributed by atoms with Crippen LogP contribution >= 0.6 is 0 Å². The fourth-order valence-electron chi connectivity index (χ4n) is 2.43. The third-order valence-corrected chi connectivity index (χ3v) is 3.56. The quantitative estimate of drug-likeness (QED) is 0.781. The molecule has 0 aromatic heterocycles. The van der Waals surface area contributed by atoms with Crippen LogP contribution in [0.5, 0.6) is 11.5 Å². The summed E-state index contributed by atoms with van der Waals surface area (Å²) in [5.41, 5.74) is 1.86. The number of ether oxygens (including phenoxy) is 2. The van der Waals surface area contributed by atoms with Gasteiger partial charge in [0.15, 0.2) is 5.78 Å². The summed E-state index contributed by atoms with van der Waals surface area (Å²) in [5.74, 6) is 1.89. The second-order valence-corrected chi connectivity index (χ2v) is 4.97. The van der Waals surface area contributed by atoms with Crippen LogP contribution in [-0.4, -0.2) is 20.0 Å². The van der Waals surface area contributed by atoms with Gasteiger partial charge in [0.1, 0.15) is 11.5 Å². The first-order valence-electron chi connectivity index (χ1n) is 6.62. The standard InChI is InChI=1S/C16H20O3/c1-11-5-4-6-13(16(11)17)7-12-8-14(18-2)10-15(9-12)19-3/h7-11H,4-6H2,1-3H3/b13-7+/t11-/m0/s1. The molecule has 0 radical (unpaired) electrons. The highest BCUT2D eigenvalue weighted by molar-refractivity contribution is 6.01. The highest BCUT2D eigenvalue weighted by Crippen LogP contribution is 2.29. The molecule has 0 heterocycles. The van der Waals surface area contributed by atoms with Gasteiger partial charge in [-0.25, -0.2) is 0 Å². The summed E-state index contributed by atoms with van der Waals surface area (Å²) in [6.07, 6.45) is 4.91. The summed E-state index contributed by atoms with van der Waals surface area (Å²) in [4.78, 5) is 12.1. The molecule has 3 nitrogen and oxygen atoms in total. The van der Waals surface area contributed by atoms with Gasteiger partial charge in [0, 0.05) is 12.0 Å². The molecular formula is C16H20O3. The maximum atomic E-state index is 12.1. The Morgan fingerprint density at radius 2 is 1.79 bits per heavy atom. The molecular weight excluding hydrogens is 240 g/mol. The van der Waals surface area contributed by atoms with Crippen molar-refractivity contribution in [3.05, 3.63) is 29.3 Å². The van der Waals surface area contributed by atoms with Gasteiger partial charge in [-0.15, -0.1) is 0 Å². The number of carbonyl (C=O) groups is 1. The van der Waals surface area contributed by atoms with Crippen molar-refractivity contribution in [3.63, 3.8) is 0 Å². The third-order valence-electron chi connectivity index (χ3n) is 3.56. The Morgan fingerprint density at radius 3 is 2.37 bits per heavy atom. The number of hydrogen-bond donors (Lipinski definition) is 0. The zero-order valence-corrected chi connectivity index (χ0v) is 11.7. The van der Waals surface area contributed by atoms with Crippen molar-refractivity contribution in [2.75, 3.05) is 14.2 Å². The van der Waals surface area contributed by atoms with Gasteiger partial charge in [-0.1, -0.05) is 6.92 Å². The van der Waals surface area contributed by atoms with Crippen molar-refractivity contribution in [1.82, 2.24) is 0 Å². The molecule has 3 heteroatoms. The van der Waals surface area contributed by atoms with Gasteiger partial charge in [-0.3, -0.25) is 4.79 Å². The Hall–Kier alpha value is -1.77. The molecule has 0 bridgehead atoms. The lowest BCUT2D eigenvalue weighted by molar-refractivity contribution is -0.119.